The van der Waals surface area contributed by atoms with Crippen LogP contribution in [0.4, 0.5) is 11.4 Å². The van der Waals surface area contributed by atoms with E-state index in [4.69, 9.17) is 5.73 Å². The van der Waals surface area contributed by atoms with Gasteiger partial charge in [0.1, 0.15) is 0 Å². The van der Waals surface area contributed by atoms with Crippen LogP contribution in [0.5, 0.6) is 0 Å². The van der Waals surface area contributed by atoms with Gasteiger partial charge in [-0.2, -0.15) is 0 Å². The van der Waals surface area contributed by atoms with Crippen molar-refractivity contribution >= 4 is 36.1 Å². The van der Waals surface area contributed by atoms with Crippen molar-refractivity contribution in [2.24, 2.45) is 0 Å². The van der Waals surface area contributed by atoms with E-state index >= 15 is 0 Å². The van der Waals surface area contributed by atoms with E-state index in [9.17, 15) is 9.69 Å². The summed E-state index contributed by atoms with van der Waals surface area (Å²) >= 11 is 1.65. The summed E-state index contributed by atoms with van der Waals surface area (Å²) in [6.45, 7) is 1.91. The van der Waals surface area contributed by atoms with E-state index in [-0.39, 0.29) is 5.91 Å². The van der Waals surface area contributed by atoms with Gasteiger partial charge in [-0.3, -0.25) is 4.79 Å². The molecule has 0 unspecified atom stereocenters. The van der Waals surface area contributed by atoms with Crippen molar-refractivity contribution in [1.82, 2.24) is 4.90 Å². The Morgan fingerprint density at radius 1 is 1.17 bits per heavy atom. The van der Waals surface area contributed by atoms with Crippen LogP contribution in [0.25, 0.3) is 10.4 Å². The van der Waals surface area contributed by atoms with Crippen molar-refractivity contribution in [2.45, 2.75) is 6.16 Å². The normalized spacial score (nSPS) is 16.3. The zero-order chi connectivity index (χ0) is 21.1. The minimum Gasteiger partial charge on any atom is -0.397 e. The Bertz CT molecular complexity index is 1010. The van der Waals surface area contributed by atoms with E-state index in [0.717, 1.165) is 47.6 Å². The Hall–Kier alpha value is -2.24. The fourth-order valence-electron chi connectivity index (χ4n) is 3.65. The first-order valence-electron chi connectivity index (χ1n) is 10.0. The Balaban J connectivity index is 1.44. The van der Waals surface area contributed by atoms with E-state index in [1.807, 2.05) is 60.0 Å². The fraction of sp³-hybridized carbons (Fsp3) is 0.261. The molecule has 3 aromatic rings. The zero-order valence-corrected chi connectivity index (χ0v) is 18.8. The van der Waals surface area contributed by atoms with Crippen molar-refractivity contribution in [1.29, 1.82) is 0 Å². The van der Waals surface area contributed by atoms with Gasteiger partial charge >= 0.3 is 0 Å². The van der Waals surface area contributed by atoms with E-state index in [1.165, 1.54) is 0 Å². The number of thiophene rings is 1. The third-order valence-corrected chi connectivity index (χ3v) is 9.53. The monoisotopic (exact) mass is 440 g/mol. The molecule has 7 heteroatoms. The number of nitrogens with two attached hydrogens (primary N) is 1. The first-order chi connectivity index (χ1) is 14.4. The number of benzene rings is 2. The molecule has 5 nitrogen and oxygen atoms in total. The summed E-state index contributed by atoms with van der Waals surface area (Å²) in [5.74, 6) is -0.190. The van der Waals surface area contributed by atoms with Crippen LogP contribution in [0.3, 0.4) is 0 Å². The molecular formula is C23H27N3O2PS. The molecular weight excluding hydrogens is 413 g/mol. The van der Waals surface area contributed by atoms with Crippen molar-refractivity contribution in [3.05, 3.63) is 71.1 Å². The van der Waals surface area contributed by atoms with Gasteiger partial charge in [0.25, 0.3) is 5.91 Å². The molecule has 1 aliphatic rings. The summed E-state index contributed by atoms with van der Waals surface area (Å²) in [6, 6.07) is 17.3. The molecule has 0 spiro atoms. The van der Waals surface area contributed by atoms with Crippen molar-refractivity contribution in [3.8, 4) is 10.4 Å². The van der Waals surface area contributed by atoms with Gasteiger partial charge in [-0.25, -0.2) is 0 Å². The quantitative estimate of drug-likeness (QED) is 0.400. The highest BCUT2D eigenvalue weighted by Gasteiger charge is 2.29. The summed E-state index contributed by atoms with van der Waals surface area (Å²) in [4.78, 5) is 27.1. The molecule has 1 fully saturated rings. The Morgan fingerprint density at radius 2 is 1.90 bits per heavy atom. The minimum absolute atomic E-state index is 0.190. The molecule has 1 amide bonds. The Morgan fingerprint density at radius 3 is 2.57 bits per heavy atom. The number of hydrogen-bond donors (Lipinski definition) is 3. The summed E-state index contributed by atoms with van der Waals surface area (Å²) in [5, 5.41) is 4.96. The van der Waals surface area contributed by atoms with Crippen LogP contribution in [-0.2, 0) is 6.16 Å². The van der Waals surface area contributed by atoms with Crippen molar-refractivity contribution < 1.29 is 9.69 Å². The maximum absolute atomic E-state index is 12.8. The summed E-state index contributed by atoms with van der Waals surface area (Å²) < 4.78 is 0. The summed E-state index contributed by atoms with van der Waals surface area (Å²) in [5.41, 5.74) is 9.93. The zero-order valence-electron chi connectivity index (χ0n) is 17.0. The molecule has 30 heavy (non-hydrogen) atoms. The first-order valence-corrected chi connectivity index (χ1v) is 13.2. The minimum atomic E-state index is -1.91. The molecule has 0 atom stereocenters. The molecule has 1 aromatic heterocycles. The molecule has 2 heterocycles. The predicted octanol–water partition coefficient (Wildman–Crippen LogP) is 4.62. The second-order valence-corrected chi connectivity index (χ2v) is 12.3. The van der Waals surface area contributed by atoms with Crippen LogP contribution in [0, 0.1) is 0 Å². The number of carbonyl (C=O) groups is 1. The van der Waals surface area contributed by atoms with Gasteiger partial charge in [0.15, 0.2) is 0 Å². The topological polar surface area (TPSA) is 78.6 Å². The average molecular weight is 441 g/mol. The average Bonchev–Trinajstić information content (AvgIpc) is 3.27. The van der Waals surface area contributed by atoms with Gasteiger partial charge in [-0.15, -0.1) is 11.3 Å². The van der Waals surface area contributed by atoms with E-state index in [2.05, 4.69) is 17.3 Å². The number of nitrogens with one attached hydrogen (secondary N) is 1. The van der Waals surface area contributed by atoms with Gasteiger partial charge in [0, 0.05) is 29.7 Å². The van der Waals surface area contributed by atoms with Crippen LogP contribution < -0.4 is 11.1 Å². The second kappa shape index (κ2) is 8.86. The summed E-state index contributed by atoms with van der Waals surface area (Å²) in [6.07, 6.45) is 2.48. The molecule has 2 aromatic carbocycles. The third-order valence-electron chi connectivity index (χ3n) is 5.60. The highest BCUT2D eigenvalue weighted by molar-refractivity contribution is 7.69. The number of rotatable bonds is 5. The lowest BCUT2D eigenvalue weighted by molar-refractivity contribution is 0.102. The molecule has 0 aliphatic carbocycles. The number of anilines is 2. The maximum atomic E-state index is 12.8. The molecule has 1 radical (unpaired) electrons. The number of carbonyl (C=O) groups excluding carboxylic acids is 1. The molecule has 1 saturated heterocycles. The lowest BCUT2D eigenvalue weighted by atomic mass is 10.1. The number of amides is 1. The van der Waals surface area contributed by atoms with Gasteiger partial charge in [0.05, 0.1) is 11.4 Å². The predicted molar refractivity (Wildman–Crippen MR) is 129 cm³/mol. The molecule has 4 N–H and O–H groups in total. The highest BCUT2D eigenvalue weighted by atomic mass is 32.1. The third kappa shape index (κ3) is 4.90. The SMILES string of the molecule is CN1CC[P](O)(Cc2ccc(C(=O)Nc3cc(-c4cccs4)ccc3N)cc2)CC1. The number of nitrogens with zero attached hydrogens (tertiary/aromatic N) is 1. The second-order valence-electron chi connectivity index (χ2n) is 7.93. The lowest BCUT2D eigenvalue weighted by Crippen LogP contribution is -2.33. The fourth-order valence-corrected chi connectivity index (χ4v) is 7.23. The molecule has 0 bridgehead atoms. The van der Waals surface area contributed by atoms with Crippen LogP contribution in [0.1, 0.15) is 15.9 Å². The van der Waals surface area contributed by atoms with Gasteiger partial charge < -0.3 is 20.8 Å². The Labute approximate surface area is 182 Å². The largest absolute Gasteiger partial charge is 0.397 e. The lowest BCUT2D eigenvalue weighted by Gasteiger charge is -2.38. The maximum Gasteiger partial charge on any atom is 0.255 e. The molecule has 1 aliphatic heterocycles. The summed E-state index contributed by atoms with van der Waals surface area (Å²) in [7, 11) is 0.187. The van der Waals surface area contributed by atoms with Crippen molar-refractivity contribution in [3.63, 3.8) is 0 Å². The van der Waals surface area contributed by atoms with E-state index in [1.54, 1.807) is 11.3 Å². The highest BCUT2D eigenvalue weighted by Crippen LogP contribution is 2.58. The smallest absolute Gasteiger partial charge is 0.255 e. The van der Waals surface area contributed by atoms with E-state index < -0.39 is 7.49 Å². The van der Waals surface area contributed by atoms with Crippen molar-refractivity contribution in [2.75, 3.05) is 43.5 Å². The number of nitrogen functional groups attached to an aromatic ring is 1. The van der Waals surface area contributed by atoms with Gasteiger partial charge in [-0.05, 0) is 73.7 Å². The molecule has 4 rings (SSSR count). The van der Waals surface area contributed by atoms with Gasteiger partial charge in [0.2, 0.25) is 0 Å². The first kappa shape index (κ1) is 21.0. The Kier molecular flexibility index (Phi) is 6.21. The molecule has 157 valence electrons. The van der Waals surface area contributed by atoms with Crippen LogP contribution >= 0.6 is 18.8 Å². The van der Waals surface area contributed by atoms with E-state index in [0.29, 0.717) is 16.9 Å². The van der Waals surface area contributed by atoms with Gasteiger partial charge in [-0.1, -0.05) is 24.3 Å². The standard InChI is InChI=1S/C23H27N3O2PS/c1-26-10-12-29(28,13-11-26)16-17-4-6-18(7-5-17)23(27)25-21-15-19(8-9-20(21)24)22-3-2-14-30-22/h2-9,14-15,28H,10-13,16,24H2,1H3,(H,25,27). The van der Waals surface area contributed by atoms with Crippen LogP contribution in [0.15, 0.2) is 60.0 Å². The number of hydrogen-bond acceptors (Lipinski definition) is 5. The van der Waals surface area contributed by atoms with Crippen LogP contribution in [-0.4, -0.2) is 48.2 Å². The van der Waals surface area contributed by atoms with Crippen LogP contribution in [0.2, 0.25) is 0 Å². The molecule has 0 saturated carbocycles.